The molecule has 2 aromatic carbocycles. The van der Waals surface area contributed by atoms with Gasteiger partial charge in [0.25, 0.3) is 0 Å². The maximum Gasteiger partial charge on any atom is 0.226 e. The van der Waals surface area contributed by atoms with Crippen LogP contribution in [0.4, 0.5) is 0 Å². The highest BCUT2D eigenvalue weighted by Crippen LogP contribution is 2.25. The van der Waals surface area contributed by atoms with Crippen LogP contribution in [0.1, 0.15) is 23.1 Å². The normalized spacial score (nSPS) is 12.2. The zero-order valence-corrected chi connectivity index (χ0v) is 15.3. The van der Waals surface area contributed by atoms with Crippen molar-refractivity contribution in [2.24, 2.45) is 14.1 Å². The summed E-state index contributed by atoms with van der Waals surface area (Å²) in [5.74, 6) is 0.714. The van der Waals surface area contributed by atoms with E-state index in [0.717, 1.165) is 28.1 Å². The molecular formula is C21H21N5O. The highest BCUT2D eigenvalue weighted by atomic mass is 16.1. The Morgan fingerprint density at radius 1 is 1.04 bits per heavy atom. The van der Waals surface area contributed by atoms with Crippen LogP contribution in [-0.4, -0.2) is 25.2 Å². The van der Waals surface area contributed by atoms with Crippen molar-refractivity contribution in [3.63, 3.8) is 0 Å². The van der Waals surface area contributed by atoms with Gasteiger partial charge in [-0.15, -0.1) is 0 Å². The third-order valence-electron chi connectivity index (χ3n) is 4.63. The summed E-state index contributed by atoms with van der Waals surface area (Å²) in [5.41, 5.74) is 3.68. The van der Waals surface area contributed by atoms with Gasteiger partial charge in [0.2, 0.25) is 5.91 Å². The Morgan fingerprint density at radius 3 is 2.48 bits per heavy atom. The average Bonchev–Trinajstić information content (AvgIpc) is 3.24. The Bertz CT molecular complexity index is 1080. The number of carbonyl (C=O) groups excluding carboxylic acids is 1. The fourth-order valence-corrected chi connectivity index (χ4v) is 3.30. The summed E-state index contributed by atoms with van der Waals surface area (Å²) in [5, 5.41) is 7.43. The Labute approximate surface area is 157 Å². The van der Waals surface area contributed by atoms with E-state index in [1.165, 1.54) is 0 Å². The molecule has 0 saturated carbocycles. The molecule has 1 amide bonds. The van der Waals surface area contributed by atoms with Gasteiger partial charge in [0.1, 0.15) is 11.9 Å². The minimum atomic E-state index is -0.334. The topological polar surface area (TPSA) is 64.7 Å². The fraction of sp³-hybridized carbons (Fsp3) is 0.190. The molecule has 4 aromatic rings. The molecule has 6 nitrogen and oxygen atoms in total. The van der Waals surface area contributed by atoms with E-state index in [2.05, 4.69) is 10.4 Å². The first-order chi connectivity index (χ1) is 13.1. The van der Waals surface area contributed by atoms with Crippen molar-refractivity contribution in [2.45, 2.75) is 12.5 Å². The number of carbonyl (C=O) groups is 1. The first-order valence-electron chi connectivity index (χ1n) is 8.86. The van der Waals surface area contributed by atoms with Crippen LogP contribution in [0.5, 0.6) is 0 Å². The molecule has 0 aliphatic rings. The van der Waals surface area contributed by atoms with Crippen LogP contribution in [-0.2, 0) is 25.3 Å². The van der Waals surface area contributed by atoms with Crippen LogP contribution in [0.15, 0.2) is 66.9 Å². The zero-order valence-electron chi connectivity index (χ0n) is 15.3. The van der Waals surface area contributed by atoms with Gasteiger partial charge in [-0.05, 0) is 23.8 Å². The van der Waals surface area contributed by atoms with E-state index in [1.807, 2.05) is 85.5 Å². The summed E-state index contributed by atoms with van der Waals surface area (Å²) in [4.78, 5) is 17.5. The summed E-state index contributed by atoms with van der Waals surface area (Å²) >= 11 is 0. The van der Waals surface area contributed by atoms with E-state index in [-0.39, 0.29) is 18.4 Å². The van der Waals surface area contributed by atoms with Crippen LogP contribution in [0.2, 0.25) is 0 Å². The zero-order chi connectivity index (χ0) is 18.8. The van der Waals surface area contributed by atoms with Crippen LogP contribution in [0.25, 0.3) is 11.0 Å². The highest BCUT2D eigenvalue weighted by molar-refractivity contribution is 5.80. The Kier molecular flexibility index (Phi) is 4.46. The standard InChI is InChI=1S/C21H21N5O/c1-25-13-12-16(24-25)14-19(27)23-20(15-8-4-3-5-9-15)21-22-17-10-6-7-11-18(17)26(21)2/h3-13,20H,14H2,1-2H3,(H,23,27). The van der Waals surface area contributed by atoms with Gasteiger partial charge in [-0.2, -0.15) is 5.10 Å². The minimum Gasteiger partial charge on any atom is -0.342 e. The van der Waals surface area contributed by atoms with Crippen LogP contribution >= 0.6 is 0 Å². The molecule has 1 unspecified atom stereocenters. The van der Waals surface area contributed by atoms with Crippen molar-refractivity contribution in [2.75, 3.05) is 0 Å². The fourth-order valence-electron chi connectivity index (χ4n) is 3.30. The Hall–Kier alpha value is -3.41. The van der Waals surface area contributed by atoms with Gasteiger partial charge >= 0.3 is 0 Å². The van der Waals surface area contributed by atoms with Crippen molar-refractivity contribution in [3.05, 3.63) is 83.9 Å². The summed E-state index contributed by atoms with van der Waals surface area (Å²) in [6.07, 6.45) is 2.07. The van der Waals surface area contributed by atoms with Crippen molar-refractivity contribution in [1.82, 2.24) is 24.6 Å². The molecule has 1 atom stereocenters. The molecule has 136 valence electrons. The average molecular weight is 359 g/mol. The minimum absolute atomic E-state index is 0.0883. The van der Waals surface area contributed by atoms with E-state index >= 15 is 0 Å². The molecule has 1 N–H and O–H groups in total. The number of fused-ring (bicyclic) bond motifs is 1. The number of nitrogens with one attached hydrogen (secondary N) is 1. The first kappa shape index (κ1) is 17.0. The number of rotatable bonds is 5. The molecule has 0 aliphatic carbocycles. The van der Waals surface area contributed by atoms with Gasteiger partial charge in [-0.25, -0.2) is 4.98 Å². The molecule has 0 spiro atoms. The quantitative estimate of drug-likeness (QED) is 0.596. The van der Waals surface area contributed by atoms with E-state index in [9.17, 15) is 4.79 Å². The van der Waals surface area contributed by atoms with Crippen LogP contribution in [0.3, 0.4) is 0 Å². The predicted octanol–water partition coefficient (Wildman–Crippen LogP) is 2.76. The second kappa shape index (κ2) is 7.07. The lowest BCUT2D eigenvalue weighted by molar-refractivity contribution is -0.121. The monoisotopic (exact) mass is 359 g/mol. The summed E-state index contributed by atoms with van der Waals surface area (Å²) < 4.78 is 3.73. The number of hydrogen-bond donors (Lipinski definition) is 1. The Balaban J connectivity index is 1.69. The van der Waals surface area contributed by atoms with E-state index < -0.39 is 0 Å². The summed E-state index contributed by atoms with van der Waals surface area (Å²) in [6, 6.07) is 19.4. The largest absolute Gasteiger partial charge is 0.342 e. The van der Waals surface area contributed by atoms with Crippen molar-refractivity contribution in [1.29, 1.82) is 0 Å². The van der Waals surface area contributed by atoms with Gasteiger partial charge in [-0.3, -0.25) is 9.48 Å². The number of para-hydroxylation sites is 2. The highest BCUT2D eigenvalue weighted by Gasteiger charge is 2.23. The third kappa shape index (κ3) is 3.46. The number of imidazole rings is 1. The number of hydrogen-bond acceptors (Lipinski definition) is 3. The third-order valence-corrected chi connectivity index (χ3v) is 4.63. The lowest BCUT2D eigenvalue weighted by Gasteiger charge is -2.19. The van der Waals surface area contributed by atoms with E-state index in [1.54, 1.807) is 4.68 Å². The predicted molar refractivity (Wildman–Crippen MR) is 104 cm³/mol. The van der Waals surface area contributed by atoms with Crippen LogP contribution in [0, 0.1) is 0 Å². The SMILES string of the molecule is Cn1ccc(CC(=O)NC(c2ccccc2)c2nc3ccccc3n2C)n1. The molecule has 4 rings (SSSR count). The van der Waals surface area contributed by atoms with Crippen molar-refractivity contribution in [3.8, 4) is 0 Å². The molecule has 0 saturated heterocycles. The molecule has 27 heavy (non-hydrogen) atoms. The second-order valence-corrected chi connectivity index (χ2v) is 6.59. The second-order valence-electron chi connectivity index (χ2n) is 6.59. The van der Waals surface area contributed by atoms with E-state index in [4.69, 9.17) is 4.98 Å². The van der Waals surface area contributed by atoms with Gasteiger partial charge in [0.05, 0.1) is 23.1 Å². The lowest BCUT2D eigenvalue weighted by atomic mass is 10.1. The van der Waals surface area contributed by atoms with Gasteiger partial charge in [0.15, 0.2) is 0 Å². The molecule has 0 fully saturated rings. The maximum atomic E-state index is 12.7. The molecule has 2 heterocycles. The molecule has 6 heteroatoms. The molecule has 0 radical (unpaired) electrons. The molecule has 0 aliphatic heterocycles. The summed E-state index contributed by atoms with van der Waals surface area (Å²) in [6.45, 7) is 0. The van der Waals surface area contributed by atoms with Crippen LogP contribution < -0.4 is 5.32 Å². The summed E-state index contributed by atoms with van der Waals surface area (Å²) in [7, 11) is 3.82. The molecule has 0 bridgehead atoms. The molecular weight excluding hydrogens is 338 g/mol. The maximum absolute atomic E-state index is 12.7. The Morgan fingerprint density at radius 2 is 1.78 bits per heavy atom. The van der Waals surface area contributed by atoms with E-state index in [0.29, 0.717) is 0 Å². The lowest BCUT2D eigenvalue weighted by Crippen LogP contribution is -2.32. The van der Waals surface area contributed by atoms with Gasteiger partial charge < -0.3 is 9.88 Å². The smallest absolute Gasteiger partial charge is 0.226 e. The van der Waals surface area contributed by atoms with Gasteiger partial charge in [-0.1, -0.05) is 42.5 Å². The number of benzene rings is 2. The van der Waals surface area contributed by atoms with Crippen molar-refractivity contribution < 1.29 is 4.79 Å². The van der Waals surface area contributed by atoms with Crippen molar-refractivity contribution >= 4 is 16.9 Å². The number of amides is 1. The number of aryl methyl sites for hydroxylation is 2. The number of nitrogens with zero attached hydrogens (tertiary/aromatic N) is 4. The first-order valence-corrected chi connectivity index (χ1v) is 8.86. The molecule has 2 aromatic heterocycles. The number of aromatic nitrogens is 4. The van der Waals surface area contributed by atoms with Gasteiger partial charge in [0, 0.05) is 20.3 Å².